The predicted molar refractivity (Wildman–Crippen MR) is 478 cm³/mol. The number of phenolic OH excluding ortho intramolecular Hbond substituents is 2. The summed E-state index contributed by atoms with van der Waals surface area (Å²) in [5.74, 6) is -16.4. The lowest BCUT2D eigenvalue weighted by atomic mass is 9.84. The van der Waals surface area contributed by atoms with Crippen LogP contribution in [0.25, 0.3) is 10.9 Å². The minimum Gasteiger partial charge on any atom is -0.508 e. The van der Waals surface area contributed by atoms with Crippen LogP contribution in [0, 0.1) is 23.7 Å². The molecule has 12 amide bonds. The Hall–Kier alpha value is -13.1. The standard InChI is InChI=1S/C93H119N15O19S/c1-11-12-27-77-92(125)104(6)49-67(112)43-63(51-127-55-109)81(114)46-69(57(4)5)89(122)107(9)78(42-59-23-17-14-18-24-59)88(121)102-74(41-61-30-34-66(111)35-31-61)90(123)105(7)50-83(116)98-73(44-62-47-96-70-26-20-19-25-68(62)70)87(120)101-72(39-60-28-32-65(110)33-29-60)86(119)100-71(38-56(2)3)85(118)103-76(80(113)36-37-82(94)115)52-128-53-84(117)99-75(40-58-21-15-13-16-22-58)91(124)108(10)79(93(126)106(77)8)45-64-48-95-54-97-64/h13-26,28-35,47-48,54-57,63,69,71-79,96,110-111H,11-12,27,36-46,49-53H2,1-10H3,(H2,94,115)(H,95,97)(H,98,116)(H,99,117)(H,100,119)(H,101,120)(H,102,121)(H,103,118)/t63-,69-,71-,72-,73-,74-,75-,76-,77-,78-,79-/m0/s1. The second-order valence-electron chi connectivity index (χ2n) is 33.3. The number of H-pyrrole nitrogens is 2. The number of likely N-dealkylation sites (N-methyl/N-ethyl adjacent to an activating group) is 5. The monoisotopic (exact) mass is 1780 g/mol. The SMILES string of the molecule is CCCC[C@H]1C(=O)N(C)CC(=O)C[C@@H](COC=O)C(=O)C[C@@H](C(C)C)C(=O)N(C)[C@@H](Cc2ccccc2)C(=O)N[C@@H](Cc2ccc(O)cc2)C(=O)N(C)CC(=O)N[C@@H](Cc2c[nH]c3ccccc23)C(=O)N[C@@H](Cc2ccc(O)cc2)C(=O)N[C@@H](CC(C)C)C(=O)N[C@H](C(=O)CCC(N)=O)CSCC(=O)N[C@@H](Cc2ccccc2)C(=O)N(C)[C@@H](Cc2cnc[nH]2)C(=O)N1C. The van der Waals surface area contributed by atoms with Crippen LogP contribution in [0.15, 0.2) is 152 Å². The van der Waals surface area contributed by atoms with E-state index in [1.54, 1.807) is 119 Å². The first kappa shape index (κ1) is 100. The van der Waals surface area contributed by atoms with Gasteiger partial charge in [-0.2, -0.15) is 0 Å². The number of carbonyl (C=O) groups is 16. The summed E-state index contributed by atoms with van der Waals surface area (Å²) in [6, 6.07) is 22.8. The summed E-state index contributed by atoms with van der Waals surface area (Å²) in [4.78, 5) is 250. The third-order valence-corrected chi connectivity index (χ3v) is 23.7. The maximum Gasteiger partial charge on any atom is 0.293 e. The number of hydrogen-bond donors (Lipinski definition) is 11. The zero-order valence-electron chi connectivity index (χ0n) is 74.0. The van der Waals surface area contributed by atoms with Crippen LogP contribution in [0.4, 0.5) is 0 Å². The van der Waals surface area contributed by atoms with Crippen LogP contribution in [0.3, 0.4) is 0 Å². The molecule has 0 radical (unpaired) electrons. The lowest BCUT2D eigenvalue weighted by Crippen LogP contribution is -2.59. The quantitative estimate of drug-likeness (QED) is 0.0358. The fourth-order valence-electron chi connectivity index (χ4n) is 15.3. The first-order valence-corrected chi connectivity index (χ1v) is 43.9. The summed E-state index contributed by atoms with van der Waals surface area (Å²) in [7, 11) is 6.74. The van der Waals surface area contributed by atoms with E-state index in [9.17, 15) is 48.6 Å². The van der Waals surface area contributed by atoms with Gasteiger partial charge in [0.05, 0.1) is 37.1 Å². The molecular formula is C93H119N15O19S. The van der Waals surface area contributed by atoms with Gasteiger partial charge in [-0.3, -0.25) is 76.7 Å². The minimum atomic E-state index is -1.58. The number of rotatable bonds is 25. The number of Topliss-reactive ketones (excluding diaryl/α,β-unsaturated/α-hetero) is 3. The normalized spacial score (nSPS) is 22.1. The molecule has 0 spiro atoms. The predicted octanol–water partition coefficient (Wildman–Crippen LogP) is 4.16. The number of aromatic hydroxyl groups is 2. The highest BCUT2D eigenvalue weighted by Crippen LogP contribution is 2.28. The zero-order valence-corrected chi connectivity index (χ0v) is 74.8. The van der Waals surface area contributed by atoms with Gasteiger partial charge in [0.15, 0.2) is 11.6 Å². The lowest BCUT2D eigenvalue weighted by molar-refractivity contribution is -0.151. The number of amides is 12. The van der Waals surface area contributed by atoms with Crippen molar-refractivity contribution in [3.8, 4) is 11.5 Å². The summed E-state index contributed by atoms with van der Waals surface area (Å²) in [6.07, 6.45) is 2.13. The second kappa shape index (κ2) is 49.1. The number of primary amides is 1. The third-order valence-electron chi connectivity index (χ3n) is 22.6. The van der Waals surface area contributed by atoms with E-state index >= 15 is 38.4 Å². The number of ketones is 3. The van der Waals surface area contributed by atoms with Crippen LogP contribution in [0.1, 0.15) is 119 Å². The van der Waals surface area contributed by atoms with Crippen molar-refractivity contribution in [3.05, 3.63) is 186 Å². The van der Waals surface area contributed by atoms with E-state index < -0.39 is 211 Å². The highest BCUT2D eigenvalue weighted by molar-refractivity contribution is 8.00. The highest BCUT2D eigenvalue weighted by Gasteiger charge is 2.42. The third kappa shape index (κ3) is 30.1. The van der Waals surface area contributed by atoms with E-state index in [-0.39, 0.29) is 81.0 Å². The average molecular weight is 1780 g/mol. The molecule has 0 unspecified atom stereocenters. The maximum atomic E-state index is 15.4. The summed E-state index contributed by atoms with van der Waals surface area (Å²) < 4.78 is 5.15. The molecule has 8 rings (SSSR count). The number of nitrogens with two attached hydrogens (primary N) is 1. The van der Waals surface area contributed by atoms with Crippen LogP contribution >= 0.6 is 11.8 Å². The maximum absolute atomic E-state index is 15.4. The minimum absolute atomic E-state index is 0.0667. The van der Waals surface area contributed by atoms with Gasteiger partial charge >= 0.3 is 0 Å². The Morgan fingerprint density at radius 1 is 0.539 bits per heavy atom. The van der Waals surface area contributed by atoms with Gasteiger partial charge in [-0.15, -0.1) is 11.8 Å². The summed E-state index contributed by atoms with van der Waals surface area (Å²) in [6.45, 7) is 6.83. The van der Waals surface area contributed by atoms with Crippen LogP contribution < -0.4 is 37.6 Å². The molecule has 1 aliphatic rings. The van der Waals surface area contributed by atoms with Crippen molar-refractivity contribution < 1.29 is 91.7 Å². The Balaban J connectivity index is 1.21. The van der Waals surface area contributed by atoms with E-state index in [1.807, 2.05) is 6.92 Å². The number of hydrogen-bond acceptors (Lipinski definition) is 21. The molecule has 0 bridgehead atoms. The molecule has 686 valence electrons. The number of nitrogens with one attached hydrogen (secondary N) is 8. The van der Waals surface area contributed by atoms with Crippen LogP contribution in [-0.2, 0) is 120 Å². The van der Waals surface area contributed by atoms with E-state index in [4.69, 9.17) is 10.5 Å². The van der Waals surface area contributed by atoms with Gasteiger partial charge in [-0.25, -0.2) is 4.98 Å². The van der Waals surface area contributed by atoms with Crippen molar-refractivity contribution in [2.45, 2.75) is 179 Å². The van der Waals surface area contributed by atoms with Crippen molar-refractivity contribution in [2.75, 3.05) is 66.4 Å². The van der Waals surface area contributed by atoms with Crippen molar-refractivity contribution in [2.24, 2.45) is 29.4 Å². The molecule has 1 fully saturated rings. The fourth-order valence-corrected chi connectivity index (χ4v) is 16.2. The van der Waals surface area contributed by atoms with E-state index in [1.165, 1.54) is 101 Å². The number of aromatic amines is 2. The van der Waals surface area contributed by atoms with Crippen molar-refractivity contribution in [3.63, 3.8) is 0 Å². The largest absolute Gasteiger partial charge is 0.508 e. The number of para-hydroxylation sites is 1. The van der Waals surface area contributed by atoms with Gasteiger partial charge in [0.1, 0.15) is 72.2 Å². The Kier molecular flexibility index (Phi) is 38.5. The van der Waals surface area contributed by atoms with Gasteiger partial charge in [-0.1, -0.05) is 151 Å². The summed E-state index contributed by atoms with van der Waals surface area (Å²) in [5, 5.41) is 38.1. The molecule has 35 heteroatoms. The zero-order chi connectivity index (χ0) is 93.4. The molecule has 34 nitrogen and oxygen atoms in total. The molecule has 3 heterocycles. The molecule has 5 aromatic carbocycles. The van der Waals surface area contributed by atoms with Gasteiger partial charge in [0, 0.05) is 140 Å². The number of fused-ring (bicyclic) bond motifs is 1. The van der Waals surface area contributed by atoms with Gasteiger partial charge < -0.3 is 87.1 Å². The van der Waals surface area contributed by atoms with Crippen LogP contribution in [0.2, 0.25) is 0 Å². The fraction of sp³-hybridized carbons (Fsp3) is 0.452. The molecule has 11 atom stereocenters. The van der Waals surface area contributed by atoms with E-state index in [0.29, 0.717) is 57.3 Å². The number of thioether (sulfide) groups is 1. The lowest BCUT2D eigenvalue weighted by Gasteiger charge is -2.37. The highest BCUT2D eigenvalue weighted by atomic mass is 32.2. The summed E-state index contributed by atoms with van der Waals surface area (Å²) >= 11 is 0.872. The Labute approximate surface area is 748 Å². The molecule has 1 aliphatic heterocycles. The molecule has 128 heavy (non-hydrogen) atoms. The first-order chi connectivity index (χ1) is 61.0. The molecule has 2 aromatic heterocycles. The summed E-state index contributed by atoms with van der Waals surface area (Å²) in [5.41, 5.74) is 9.12. The van der Waals surface area contributed by atoms with Gasteiger partial charge in [0.2, 0.25) is 70.9 Å². The molecule has 7 aromatic rings. The molecule has 0 saturated carbocycles. The van der Waals surface area contributed by atoms with Gasteiger partial charge in [-0.05, 0) is 82.8 Å². The number of nitrogens with zero attached hydrogens (tertiary/aromatic N) is 6. The number of carbonyl (C=O) groups excluding carboxylic acids is 16. The first-order valence-electron chi connectivity index (χ1n) is 42.8. The van der Waals surface area contributed by atoms with E-state index in [2.05, 4.69) is 46.9 Å². The van der Waals surface area contributed by atoms with Crippen molar-refractivity contribution >= 4 is 117 Å². The molecular weight excluding hydrogens is 1660 g/mol. The topological polar surface area (TPSA) is 482 Å². The number of ether oxygens (including phenoxy) is 1. The molecule has 1 saturated heterocycles. The number of unbranched alkanes of at least 4 members (excludes halogenated alkanes) is 1. The smallest absolute Gasteiger partial charge is 0.293 e. The Morgan fingerprint density at radius 2 is 1.07 bits per heavy atom. The molecule has 0 aliphatic carbocycles. The van der Waals surface area contributed by atoms with Crippen molar-refractivity contribution in [1.82, 2.24) is 71.4 Å². The number of aromatic nitrogens is 3. The van der Waals surface area contributed by atoms with E-state index in [0.717, 1.165) is 31.4 Å². The Bertz CT molecular complexity index is 4980. The number of benzene rings is 5. The van der Waals surface area contributed by atoms with Crippen molar-refractivity contribution in [1.29, 1.82) is 0 Å². The van der Waals surface area contributed by atoms with Gasteiger partial charge in [0.25, 0.3) is 6.47 Å². The number of imidazole rings is 1. The average Bonchev–Trinajstić information content (AvgIpc) is 0.950. The Morgan fingerprint density at radius 3 is 1.66 bits per heavy atom. The van der Waals surface area contributed by atoms with Crippen LogP contribution in [-0.4, -0.2) is 265 Å². The second-order valence-corrected chi connectivity index (χ2v) is 34.4. The van der Waals surface area contributed by atoms with Crippen LogP contribution in [0.5, 0.6) is 11.5 Å². The number of phenols is 2. The molecule has 12 N–H and O–H groups in total.